The number of hydrogen-bond donors (Lipinski definition) is 1. The molecule has 2 rings (SSSR count). The van der Waals surface area contributed by atoms with E-state index in [2.05, 4.69) is 24.1 Å². The van der Waals surface area contributed by atoms with Gasteiger partial charge in [-0.15, -0.1) is 0 Å². The molecule has 1 atom stereocenters. The largest absolute Gasteiger partial charge is 0.343 e. The molecule has 110 valence electrons. The van der Waals surface area contributed by atoms with Crippen LogP contribution in [0.5, 0.6) is 0 Å². The van der Waals surface area contributed by atoms with Gasteiger partial charge in [-0.25, -0.2) is 0 Å². The fraction of sp³-hybridized carbons (Fsp3) is 0.938. The lowest BCUT2D eigenvalue weighted by atomic mass is 9.78. The minimum absolute atomic E-state index is 0.392. The van der Waals surface area contributed by atoms with E-state index in [0.717, 1.165) is 44.9 Å². The second-order valence-electron chi connectivity index (χ2n) is 6.80. The molecular formula is C16H30N2O. The summed E-state index contributed by atoms with van der Waals surface area (Å²) < 4.78 is 0. The second-order valence-corrected chi connectivity index (χ2v) is 6.80. The van der Waals surface area contributed by atoms with Gasteiger partial charge in [-0.3, -0.25) is 4.79 Å². The van der Waals surface area contributed by atoms with Crippen molar-refractivity contribution < 1.29 is 4.79 Å². The maximum Gasteiger partial charge on any atom is 0.222 e. The molecule has 2 fully saturated rings. The predicted octanol–water partition coefficient (Wildman–Crippen LogP) is 2.80. The first kappa shape index (κ1) is 14.8. The molecule has 0 aromatic rings. The molecule has 3 nitrogen and oxygen atoms in total. The van der Waals surface area contributed by atoms with Crippen molar-refractivity contribution in [2.24, 2.45) is 11.3 Å². The molecule has 1 N–H and O–H groups in total. The standard InChI is InChI=1S/C16H30N2O/c1-3-16(2)8-11-18(12-9-16)15(19)7-6-14-5-4-10-17-13-14/h14,17H,3-13H2,1-2H3. The molecule has 1 unspecified atom stereocenters. The summed E-state index contributed by atoms with van der Waals surface area (Å²) in [5.41, 5.74) is 0.476. The van der Waals surface area contributed by atoms with Gasteiger partial charge in [0.05, 0.1) is 0 Å². The summed E-state index contributed by atoms with van der Waals surface area (Å²) in [6.45, 7) is 8.86. The Kier molecular flexibility index (Phi) is 5.26. The summed E-state index contributed by atoms with van der Waals surface area (Å²) in [7, 11) is 0. The van der Waals surface area contributed by atoms with Gasteiger partial charge in [0.2, 0.25) is 5.91 Å². The third-order valence-electron chi connectivity index (χ3n) is 5.34. The van der Waals surface area contributed by atoms with Crippen molar-refractivity contribution in [3.63, 3.8) is 0 Å². The van der Waals surface area contributed by atoms with E-state index in [-0.39, 0.29) is 0 Å². The van der Waals surface area contributed by atoms with E-state index in [1.165, 1.54) is 32.1 Å². The highest BCUT2D eigenvalue weighted by Crippen LogP contribution is 2.34. The Hall–Kier alpha value is -0.570. The van der Waals surface area contributed by atoms with Gasteiger partial charge in [-0.2, -0.15) is 0 Å². The number of carbonyl (C=O) groups is 1. The summed E-state index contributed by atoms with van der Waals surface area (Å²) >= 11 is 0. The van der Waals surface area contributed by atoms with Gasteiger partial charge >= 0.3 is 0 Å². The molecule has 2 heterocycles. The van der Waals surface area contributed by atoms with Crippen molar-refractivity contribution >= 4 is 5.91 Å². The normalized spacial score (nSPS) is 27.3. The topological polar surface area (TPSA) is 32.3 Å². The molecule has 0 saturated carbocycles. The maximum absolute atomic E-state index is 12.2. The van der Waals surface area contributed by atoms with Crippen LogP contribution in [0.1, 0.15) is 58.8 Å². The molecular weight excluding hydrogens is 236 g/mol. The van der Waals surface area contributed by atoms with Crippen molar-refractivity contribution in [3.8, 4) is 0 Å². The zero-order valence-electron chi connectivity index (χ0n) is 12.7. The third-order valence-corrected chi connectivity index (χ3v) is 5.34. The monoisotopic (exact) mass is 266 g/mol. The molecule has 19 heavy (non-hydrogen) atoms. The number of hydrogen-bond acceptors (Lipinski definition) is 2. The third kappa shape index (κ3) is 4.20. The molecule has 0 aromatic heterocycles. The summed E-state index contributed by atoms with van der Waals surface area (Å²) in [6.07, 6.45) is 8.01. The molecule has 1 amide bonds. The van der Waals surface area contributed by atoms with Crippen molar-refractivity contribution in [1.29, 1.82) is 0 Å². The lowest BCUT2D eigenvalue weighted by Gasteiger charge is -2.39. The number of carbonyl (C=O) groups excluding carboxylic acids is 1. The first-order valence-electron chi connectivity index (χ1n) is 8.11. The molecule has 0 spiro atoms. The molecule has 2 aliphatic rings. The van der Waals surface area contributed by atoms with Gasteiger partial charge < -0.3 is 10.2 Å². The molecule has 0 aliphatic carbocycles. The highest BCUT2D eigenvalue weighted by molar-refractivity contribution is 5.76. The molecule has 0 bridgehead atoms. The van der Waals surface area contributed by atoms with Gasteiger partial charge in [0.25, 0.3) is 0 Å². The SMILES string of the molecule is CCC1(C)CCN(C(=O)CCC2CCCNC2)CC1. The van der Waals surface area contributed by atoms with E-state index in [1.54, 1.807) is 0 Å². The maximum atomic E-state index is 12.2. The van der Waals surface area contributed by atoms with Crippen molar-refractivity contribution in [1.82, 2.24) is 10.2 Å². The van der Waals surface area contributed by atoms with Crippen LogP contribution in [0.3, 0.4) is 0 Å². The van der Waals surface area contributed by atoms with Crippen LogP contribution in [-0.2, 0) is 4.79 Å². The Morgan fingerprint density at radius 1 is 1.37 bits per heavy atom. The highest BCUT2D eigenvalue weighted by Gasteiger charge is 2.30. The number of likely N-dealkylation sites (tertiary alicyclic amines) is 1. The van der Waals surface area contributed by atoms with Crippen molar-refractivity contribution in [3.05, 3.63) is 0 Å². The zero-order valence-corrected chi connectivity index (χ0v) is 12.7. The average molecular weight is 266 g/mol. The Balaban J connectivity index is 1.69. The second kappa shape index (κ2) is 6.74. The van der Waals surface area contributed by atoms with E-state index in [0.29, 0.717) is 11.3 Å². The van der Waals surface area contributed by atoms with Crippen LogP contribution in [0.25, 0.3) is 0 Å². The smallest absolute Gasteiger partial charge is 0.222 e. The van der Waals surface area contributed by atoms with Crippen LogP contribution in [0, 0.1) is 11.3 Å². The van der Waals surface area contributed by atoms with Gasteiger partial charge in [0.15, 0.2) is 0 Å². The van der Waals surface area contributed by atoms with Gasteiger partial charge in [-0.05, 0) is 56.5 Å². The van der Waals surface area contributed by atoms with Crippen LogP contribution >= 0.6 is 0 Å². The summed E-state index contributed by atoms with van der Waals surface area (Å²) in [6, 6.07) is 0. The molecule has 2 aliphatic heterocycles. The van der Waals surface area contributed by atoms with Crippen molar-refractivity contribution in [2.75, 3.05) is 26.2 Å². The Morgan fingerprint density at radius 2 is 2.11 bits per heavy atom. The zero-order chi connectivity index (χ0) is 13.7. The first-order valence-corrected chi connectivity index (χ1v) is 8.11. The van der Waals surface area contributed by atoms with Crippen molar-refractivity contribution in [2.45, 2.75) is 58.8 Å². The van der Waals surface area contributed by atoms with Gasteiger partial charge in [0.1, 0.15) is 0 Å². The number of nitrogens with one attached hydrogen (secondary N) is 1. The van der Waals surface area contributed by atoms with Crippen LogP contribution < -0.4 is 5.32 Å². The van der Waals surface area contributed by atoms with Crippen LogP contribution in [0.4, 0.5) is 0 Å². The molecule has 0 aromatic carbocycles. The lowest BCUT2D eigenvalue weighted by molar-refractivity contribution is -0.133. The van der Waals surface area contributed by atoms with E-state index in [4.69, 9.17) is 0 Å². The number of rotatable bonds is 4. The summed E-state index contributed by atoms with van der Waals surface area (Å²) in [5.74, 6) is 1.12. The Bertz CT molecular complexity index is 289. The number of piperidine rings is 2. The Morgan fingerprint density at radius 3 is 2.68 bits per heavy atom. The highest BCUT2D eigenvalue weighted by atomic mass is 16.2. The minimum atomic E-state index is 0.392. The Labute approximate surface area is 118 Å². The van der Waals surface area contributed by atoms with E-state index < -0.39 is 0 Å². The van der Waals surface area contributed by atoms with Gasteiger partial charge in [-0.1, -0.05) is 20.3 Å². The van der Waals surface area contributed by atoms with E-state index in [1.807, 2.05) is 0 Å². The van der Waals surface area contributed by atoms with E-state index >= 15 is 0 Å². The average Bonchev–Trinajstić information content (AvgIpc) is 2.47. The number of amides is 1. The van der Waals surface area contributed by atoms with Gasteiger partial charge in [0, 0.05) is 19.5 Å². The summed E-state index contributed by atoms with van der Waals surface area (Å²) in [4.78, 5) is 14.4. The molecule has 0 radical (unpaired) electrons. The van der Waals surface area contributed by atoms with Crippen LogP contribution in [-0.4, -0.2) is 37.0 Å². The lowest BCUT2D eigenvalue weighted by Crippen LogP contribution is -2.42. The number of nitrogens with zero attached hydrogens (tertiary/aromatic N) is 1. The fourth-order valence-corrected chi connectivity index (χ4v) is 3.31. The quantitative estimate of drug-likeness (QED) is 0.848. The minimum Gasteiger partial charge on any atom is -0.343 e. The predicted molar refractivity (Wildman–Crippen MR) is 79.0 cm³/mol. The fourth-order valence-electron chi connectivity index (χ4n) is 3.31. The van der Waals surface area contributed by atoms with Crippen LogP contribution in [0.2, 0.25) is 0 Å². The van der Waals surface area contributed by atoms with E-state index in [9.17, 15) is 4.79 Å². The summed E-state index contributed by atoms with van der Waals surface area (Å²) in [5, 5.41) is 3.43. The van der Waals surface area contributed by atoms with Crippen LogP contribution in [0.15, 0.2) is 0 Å². The first-order chi connectivity index (χ1) is 9.13. The molecule has 3 heteroatoms. The molecule has 2 saturated heterocycles.